The minimum Gasteiger partial charge on any atom is -0.396 e. The summed E-state index contributed by atoms with van der Waals surface area (Å²) in [7, 11) is 4.09. The van der Waals surface area contributed by atoms with Crippen LogP contribution in [0.4, 0.5) is 5.13 Å². The van der Waals surface area contributed by atoms with Crippen LogP contribution in [0.3, 0.4) is 0 Å². The molecule has 0 saturated heterocycles. The Kier molecular flexibility index (Phi) is 5.19. The number of aliphatic hydroxyl groups is 1. The molecule has 2 rings (SSSR count). The van der Waals surface area contributed by atoms with Gasteiger partial charge in [0.2, 0.25) is 0 Å². The molecule has 0 unspecified atom stereocenters. The third-order valence-corrected chi connectivity index (χ3v) is 4.84. The molecule has 0 bridgehead atoms. The summed E-state index contributed by atoms with van der Waals surface area (Å²) in [6.45, 7) is 4.54. The van der Waals surface area contributed by atoms with E-state index in [-0.39, 0.29) is 0 Å². The van der Waals surface area contributed by atoms with Gasteiger partial charge in [0.1, 0.15) is 0 Å². The number of unbranched alkanes of at least 4 members (excludes halogenated alkanes) is 1. The zero-order chi connectivity index (χ0) is 13.8. The Morgan fingerprint density at radius 1 is 1.32 bits per heavy atom. The molecular formula is C14H25N3OS. The SMILES string of the molecule is Cc1nc(N(C)C)sc1CN(CCCCO)C1CC1. The van der Waals surface area contributed by atoms with Gasteiger partial charge in [-0.2, -0.15) is 0 Å². The average molecular weight is 283 g/mol. The average Bonchev–Trinajstić information content (AvgIpc) is 3.14. The number of rotatable bonds is 8. The Balaban J connectivity index is 1.96. The first kappa shape index (κ1) is 14.8. The summed E-state index contributed by atoms with van der Waals surface area (Å²) in [6, 6.07) is 0.767. The molecule has 1 aliphatic carbocycles. The van der Waals surface area contributed by atoms with Crippen LogP contribution in [0.2, 0.25) is 0 Å². The Labute approximate surface area is 120 Å². The zero-order valence-corrected chi connectivity index (χ0v) is 13.0. The maximum atomic E-state index is 8.90. The van der Waals surface area contributed by atoms with Crippen molar-refractivity contribution in [3.8, 4) is 0 Å². The van der Waals surface area contributed by atoms with Crippen molar-refractivity contribution in [2.45, 2.75) is 45.2 Å². The summed E-state index contributed by atoms with van der Waals surface area (Å²) in [5.41, 5.74) is 1.17. The molecule has 4 nitrogen and oxygen atoms in total. The van der Waals surface area contributed by atoms with Crippen molar-refractivity contribution in [2.75, 3.05) is 32.1 Å². The van der Waals surface area contributed by atoms with Crippen LogP contribution in [0.25, 0.3) is 0 Å². The molecule has 19 heavy (non-hydrogen) atoms. The normalized spacial score (nSPS) is 15.2. The first-order valence-electron chi connectivity index (χ1n) is 7.10. The van der Waals surface area contributed by atoms with Gasteiger partial charge < -0.3 is 10.0 Å². The lowest BCUT2D eigenvalue weighted by molar-refractivity contribution is 0.230. The summed E-state index contributed by atoms with van der Waals surface area (Å²) in [6.07, 6.45) is 4.66. The maximum absolute atomic E-state index is 8.90. The quantitative estimate of drug-likeness (QED) is 0.743. The second-order valence-corrected chi connectivity index (χ2v) is 6.59. The minimum absolute atomic E-state index is 0.308. The number of hydrogen-bond acceptors (Lipinski definition) is 5. The Morgan fingerprint density at radius 2 is 2.05 bits per heavy atom. The lowest BCUT2D eigenvalue weighted by Crippen LogP contribution is -2.26. The minimum atomic E-state index is 0.308. The summed E-state index contributed by atoms with van der Waals surface area (Å²) < 4.78 is 0. The highest BCUT2D eigenvalue weighted by molar-refractivity contribution is 7.15. The van der Waals surface area contributed by atoms with Gasteiger partial charge in [-0.3, -0.25) is 4.90 Å². The first-order valence-corrected chi connectivity index (χ1v) is 7.92. The Hall–Kier alpha value is -0.650. The molecule has 1 N–H and O–H groups in total. The Morgan fingerprint density at radius 3 is 2.58 bits per heavy atom. The van der Waals surface area contributed by atoms with Gasteiger partial charge >= 0.3 is 0 Å². The lowest BCUT2D eigenvalue weighted by Gasteiger charge is -2.21. The third-order valence-electron chi connectivity index (χ3n) is 3.53. The predicted octanol–water partition coefficient (Wildman–Crippen LogP) is 2.25. The van der Waals surface area contributed by atoms with Crippen LogP contribution in [0.1, 0.15) is 36.3 Å². The second kappa shape index (κ2) is 6.68. The molecular weight excluding hydrogens is 258 g/mol. The third kappa shape index (κ3) is 4.16. The molecule has 108 valence electrons. The van der Waals surface area contributed by atoms with Crippen molar-refractivity contribution < 1.29 is 5.11 Å². The van der Waals surface area contributed by atoms with Crippen LogP contribution in [-0.2, 0) is 6.54 Å². The van der Waals surface area contributed by atoms with E-state index in [0.717, 1.165) is 37.1 Å². The number of hydrogen-bond donors (Lipinski definition) is 1. The molecule has 1 aromatic rings. The first-order chi connectivity index (χ1) is 9.11. The molecule has 0 amide bonds. The van der Waals surface area contributed by atoms with Crippen molar-refractivity contribution in [1.29, 1.82) is 0 Å². The van der Waals surface area contributed by atoms with E-state index in [0.29, 0.717) is 6.61 Å². The Bertz CT molecular complexity index is 401. The highest BCUT2D eigenvalue weighted by Crippen LogP contribution is 2.32. The van der Waals surface area contributed by atoms with E-state index in [1.807, 2.05) is 14.1 Å². The molecule has 1 aromatic heterocycles. The van der Waals surface area contributed by atoms with E-state index < -0.39 is 0 Å². The van der Waals surface area contributed by atoms with Gasteiger partial charge in [-0.15, -0.1) is 11.3 Å². The maximum Gasteiger partial charge on any atom is 0.185 e. The highest BCUT2D eigenvalue weighted by atomic mass is 32.1. The fraction of sp³-hybridized carbons (Fsp3) is 0.786. The van der Waals surface area contributed by atoms with E-state index in [9.17, 15) is 0 Å². The van der Waals surface area contributed by atoms with E-state index in [4.69, 9.17) is 5.11 Å². The van der Waals surface area contributed by atoms with Gasteiger partial charge in [0.25, 0.3) is 0 Å². The number of thiazole rings is 1. The van der Waals surface area contributed by atoms with Gasteiger partial charge in [0.05, 0.1) is 5.69 Å². The summed E-state index contributed by atoms with van der Waals surface area (Å²) in [5.74, 6) is 0. The second-order valence-electron chi connectivity index (χ2n) is 5.53. The summed E-state index contributed by atoms with van der Waals surface area (Å²) >= 11 is 1.80. The molecule has 0 aliphatic heterocycles. The molecule has 1 heterocycles. The zero-order valence-electron chi connectivity index (χ0n) is 12.2. The van der Waals surface area contributed by atoms with E-state index in [2.05, 4.69) is 21.7 Å². The fourth-order valence-electron chi connectivity index (χ4n) is 2.19. The van der Waals surface area contributed by atoms with Gasteiger partial charge in [0, 0.05) is 38.2 Å². The molecule has 1 fully saturated rings. The van der Waals surface area contributed by atoms with Crippen LogP contribution in [0.5, 0.6) is 0 Å². The number of anilines is 1. The van der Waals surface area contributed by atoms with Crippen LogP contribution in [0.15, 0.2) is 0 Å². The van der Waals surface area contributed by atoms with Crippen LogP contribution >= 0.6 is 11.3 Å². The predicted molar refractivity (Wildman–Crippen MR) is 80.9 cm³/mol. The van der Waals surface area contributed by atoms with Crippen LogP contribution in [0, 0.1) is 6.92 Å². The monoisotopic (exact) mass is 283 g/mol. The molecule has 1 aliphatic rings. The summed E-state index contributed by atoms with van der Waals surface area (Å²) in [5, 5.41) is 10.00. The van der Waals surface area contributed by atoms with Gasteiger partial charge in [-0.05, 0) is 39.2 Å². The van der Waals surface area contributed by atoms with Gasteiger partial charge in [0.15, 0.2) is 5.13 Å². The number of aromatic nitrogens is 1. The van der Waals surface area contributed by atoms with Crippen molar-refractivity contribution in [2.24, 2.45) is 0 Å². The van der Waals surface area contributed by atoms with Crippen molar-refractivity contribution in [3.05, 3.63) is 10.6 Å². The smallest absolute Gasteiger partial charge is 0.185 e. The topological polar surface area (TPSA) is 39.6 Å². The van der Waals surface area contributed by atoms with Crippen molar-refractivity contribution in [1.82, 2.24) is 9.88 Å². The number of aryl methyl sites for hydroxylation is 1. The van der Waals surface area contributed by atoms with E-state index in [1.54, 1.807) is 11.3 Å². The molecule has 0 spiro atoms. The molecule has 0 aromatic carbocycles. The van der Waals surface area contributed by atoms with Gasteiger partial charge in [-0.1, -0.05) is 0 Å². The molecule has 0 radical (unpaired) electrons. The molecule has 0 atom stereocenters. The standard InChI is InChI=1S/C14H25N3OS/c1-11-13(19-14(15-11)16(2)3)10-17(12-6-7-12)8-4-5-9-18/h12,18H,4-10H2,1-3H3. The highest BCUT2D eigenvalue weighted by Gasteiger charge is 2.29. The van der Waals surface area contributed by atoms with E-state index >= 15 is 0 Å². The van der Waals surface area contributed by atoms with Gasteiger partial charge in [-0.25, -0.2) is 4.98 Å². The summed E-state index contributed by atoms with van der Waals surface area (Å²) in [4.78, 5) is 10.6. The number of aliphatic hydroxyl groups excluding tert-OH is 1. The molecule has 5 heteroatoms. The van der Waals surface area contributed by atoms with E-state index in [1.165, 1.54) is 23.4 Å². The lowest BCUT2D eigenvalue weighted by atomic mass is 10.2. The molecule has 1 saturated carbocycles. The van der Waals surface area contributed by atoms with Crippen LogP contribution < -0.4 is 4.90 Å². The fourth-order valence-corrected chi connectivity index (χ4v) is 3.20. The van der Waals surface area contributed by atoms with Crippen molar-refractivity contribution >= 4 is 16.5 Å². The van der Waals surface area contributed by atoms with Crippen molar-refractivity contribution in [3.63, 3.8) is 0 Å². The largest absolute Gasteiger partial charge is 0.396 e. The number of nitrogens with zero attached hydrogens (tertiary/aromatic N) is 3. The van der Waals surface area contributed by atoms with Crippen LogP contribution in [-0.4, -0.2) is 48.3 Å².